The maximum Gasteiger partial charge on any atom is 0.231 e. The van der Waals surface area contributed by atoms with Crippen LogP contribution in [0.3, 0.4) is 0 Å². The van der Waals surface area contributed by atoms with Gasteiger partial charge in [0.25, 0.3) is 0 Å². The Labute approximate surface area is 152 Å². The first-order chi connectivity index (χ1) is 12.5. The lowest BCUT2D eigenvalue weighted by Crippen LogP contribution is -2.36. The molecule has 7 heteroatoms. The number of rotatable bonds is 6. The van der Waals surface area contributed by atoms with Gasteiger partial charge in [-0.2, -0.15) is 0 Å². The number of hydrogen-bond acceptors (Lipinski definition) is 6. The first kappa shape index (κ1) is 17.3. The Morgan fingerprint density at radius 1 is 1.15 bits per heavy atom. The molecule has 1 fully saturated rings. The zero-order valence-corrected chi connectivity index (χ0v) is 15.2. The zero-order valence-electron chi connectivity index (χ0n) is 14.4. The lowest BCUT2D eigenvalue weighted by molar-refractivity contribution is 0.125. The summed E-state index contributed by atoms with van der Waals surface area (Å²) in [6.07, 6.45) is 0. The van der Waals surface area contributed by atoms with Crippen LogP contribution in [0, 0.1) is 0 Å². The molecule has 0 spiro atoms. The van der Waals surface area contributed by atoms with Crippen LogP contribution < -0.4 is 15.2 Å². The van der Waals surface area contributed by atoms with Crippen molar-refractivity contribution in [3.63, 3.8) is 0 Å². The molecule has 4 rings (SSSR count). The van der Waals surface area contributed by atoms with Gasteiger partial charge in [-0.3, -0.25) is 0 Å². The fourth-order valence-corrected chi connectivity index (χ4v) is 6.00. The van der Waals surface area contributed by atoms with Crippen LogP contribution in [0.5, 0.6) is 11.5 Å². The average molecular weight is 375 g/mol. The summed E-state index contributed by atoms with van der Waals surface area (Å²) in [5.41, 5.74) is 6.39. The minimum Gasteiger partial charge on any atom is -0.454 e. The number of hydrogen-bond donors (Lipinski definition) is 1. The quantitative estimate of drug-likeness (QED) is 0.832. The summed E-state index contributed by atoms with van der Waals surface area (Å²) in [7, 11) is -3.59. The van der Waals surface area contributed by atoms with Crippen LogP contribution >= 0.6 is 0 Å². The minimum atomic E-state index is -3.59. The standard InChI is InChI=1S/C19H21NO5S/c1-2-23-11-19(20)17(13-8-9-15-16(10-13)25-12-24-15)18(19)26(21,22)14-6-4-3-5-7-14/h3-10,17-18H,2,11-12,20H2,1H3/t17-,18+,19-/m1/s1. The zero-order chi connectivity index (χ0) is 18.4. The monoisotopic (exact) mass is 375 g/mol. The molecule has 6 nitrogen and oxygen atoms in total. The summed E-state index contributed by atoms with van der Waals surface area (Å²) >= 11 is 0. The predicted octanol–water partition coefficient (Wildman–Crippen LogP) is 2.09. The van der Waals surface area contributed by atoms with E-state index >= 15 is 0 Å². The molecule has 0 saturated heterocycles. The molecule has 1 aliphatic heterocycles. The van der Waals surface area contributed by atoms with E-state index in [9.17, 15) is 8.42 Å². The van der Waals surface area contributed by atoms with E-state index in [1.807, 2.05) is 19.1 Å². The van der Waals surface area contributed by atoms with Gasteiger partial charge in [0.1, 0.15) is 0 Å². The van der Waals surface area contributed by atoms with Gasteiger partial charge in [-0.25, -0.2) is 8.42 Å². The second-order valence-corrected chi connectivity index (χ2v) is 8.69. The summed E-state index contributed by atoms with van der Waals surface area (Å²) in [6.45, 7) is 2.69. The summed E-state index contributed by atoms with van der Waals surface area (Å²) in [6, 6.07) is 13.9. The van der Waals surface area contributed by atoms with E-state index < -0.39 is 20.6 Å². The van der Waals surface area contributed by atoms with Gasteiger partial charge >= 0.3 is 0 Å². The third-order valence-corrected chi connectivity index (χ3v) is 7.33. The molecule has 2 N–H and O–H groups in total. The summed E-state index contributed by atoms with van der Waals surface area (Å²) in [5.74, 6) is 0.905. The van der Waals surface area contributed by atoms with Crippen molar-refractivity contribution in [1.82, 2.24) is 0 Å². The largest absolute Gasteiger partial charge is 0.454 e. The molecule has 1 aliphatic carbocycles. The van der Waals surface area contributed by atoms with Gasteiger partial charge in [-0.05, 0) is 36.8 Å². The Kier molecular flexibility index (Phi) is 4.17. The number of ether oxygens (including phenoxy) is 3. The van der Waals surface area contributed by atoms with E-state index in [0.717, 1.165) is 5.56 Å². The van der Waals surface area contributed by atoms with Crippen LogP contribution in [-0.4, -0.2) is 39.2 Å². The smallest absolute Gasteiger partial charge is 0.231 e. The summed E-state index contributed by atoms with van der Waals surface area (Å²) < 4.78 is 42.7. The molecule has 0 amide bonds. The molecule has 0 unspecified atom stereocenters. The maximum absolute atomic E-state index is 13.2. The summed E-state index contributed by atoms with van der Waals surface area (Å²) in [4.78, 5) is 0.277. The molecule has 2 aromatic rings. The lowest BCUT2D eigenvalue weighted by atomic mass is 10.1. The first-order valence-corrected chi connectivity index (χ1v) is 10.1. The fraction of sp³-hybridized carbons (Fsp3) is 0.368. The van der Waals surface area contributed by atoms with Crippen molar-refractivity contribution >= 4 is 9.84 Å². The Morgan fingerprint density at radius 3 is 2.62 bits per heavy atom. The third kappa shape index (κ3) is 2.67. The van der Waals surface area contributed by atoms with E-state index in [4.69, 9.17) is 19.9 Å². The maximum atomic E-state index is 13.2. The first-order valence-electron chi connectivity index (χ1n) is 8.53. The number of nitrogens with two attached hydrogens (primary N) is 1. The Hall–Kier alpha value is -2.09. The van der Waals surface area contributed by atoms with Crippen LogP contribution in [0.4, 0.5) is 0 Å². The highest BCUT2D eigenvalue weighted by molar-refractivity contribution is 7.92. The Balaban J connectivity index is 1.72. The van der Waals surface area contributed by atoms with Crippen LogP contribution in [0.15, 0.2) is 53.4 Å². The van der Waals surface area contributed by atoms with E-state index in [-0.39, 0.29) is 24.2 Å². The van der Waals surface area contributed by atoms with E-state index in [1.54, 1.807) is 36.4 Å². The normalized spacial score (nSPS) is 26.7. The number of fused-ring (bicyclic) bond motifs is 1. The third-order valence-electron chi connectivity index (χ3n) is 5.02. The fourth-order valence-electron chi connectivity index (χ4n) is 3.69. The van der Waals surface area contributed by atoms with Gasteiger partial charge in [0.05, 0.1) is 22.3 Å². The van der Waals surface area contributed by atoms with E-state index in [1.165, 1.54) is 0 Å². The molecular weight excluding hydrogens is 354 g/mol. The van der Waals surface area contributed by atoms with Crippen molar-refractivity contribution in [2.24, 2.45) is 5.73 Å². The van der Waals surface area contributed by atoms with Crippen molar-refractivity contribution in [2.75, 3.05) is 20.0 Å². The number of benzene rings is 2. The van der Waals surface area contributed by atoms with Crippen LogP contribution in [0.25, 0.3) is 0 Å². The van der Waals surface area contributed by atoms with E-state index in [2.05, 4.69) is 0 Å². The SMILES string of the molecule is CCOC[C@@]1(N)[C@H](c2ccc3c(c2)OCO3)[C@@H]1S(=O)(=O)c1ccccc1. The van der Waals surface area contributed by atoms with Gasteiger partial charge in [0.2, 0.25) is 6.79 Å². The molecule has 2 aromatic carbocycles. The van der Waals surface area contributed by atoms with Crippen molar-refractivity contribution in [3.8, 4) is 11.5 Å². The molecule has 1 heterocycles. The van der Waals surface area contributed by atoms with Crippen molar-refractivity contribution in [1.29, 1.82) is 0 Å². The molecule has 0 bridgehead atoms. The molecule has 0 aromatic heterocycles. The average Bonchev–Trinajstić information content (AvgIpc) is 3.03. The van der Waals surface area contributed by atoms with Crippen LogP contribution in [0.1, 0.15) is 18.4 Å². The molecule has 138 valence electrons. The van der Waals surface area contributed by atoms with E-state index in [0.29, 0.717) is 18.1 Å². The Bertz CT molecular complexity index is 915. The lowest BCUT2D eigenvalue weighted by Gasteiger charge is -2.12. The van der Waals surface area contributed by atoms with Gasteiger partial charge in [0.15, 0.2) is 21.3 Å². The van der Waals surface area contributed by atoms with Gasteiger partial charge in [-0.1, -0.05) is 24.3 Å². The molecule has 0 radical (unpaired) electrons. The van der Waals surface area contributed by atoms with Crippen molar-refractivity contribution in [3.05, 3.63) is 54.1 Å². The topological polar surface area (TPSA) is 87.8 Å². The minimum absolute atomic E-state index is 0.169. The van der Waals surface area contributed by atoms with Crippen molar-refractivity contribution in [2.45, 2.75) is 28.5 Å². The second-order valence-electron chi connectivity index (χ2n) is 6.62. The molecule has 3 atom stereocenters. The predicted molar refractivity (Wildman–Crippen MR) is 96.1 cm³/mol. The van der Waals surface area contributed by atoms with Gasteiger partial charge in [-0.15, -0.1) is 0 Å². The Morgan fingerprint density at radius 2 is 1.88 bits per heavy atom. The highest BCUT2D eigenvalue weighted by atomic mass is 32.2. The summed E-state index contributed by atoms with van der Waals surface area (Å²) in [5, 5.41) is -0.746. The highest BCUT2D eigenvalue weighted by Gasteiger charge is 2.69. The van der Waals surface area contributed by atoms with Crippen LogP contribution in [0.2, 0.25) is 0 Å². The van der Waals surface area contributed by atoms with Gasteiger partial charge < -0.3 is 19.9 Å². The highest BCUT2D eigenvalue weighted by Crippen LogP contribution is 2.56. The molecule has 2 aliphatic rings. The molecule has 26 heavy (non-hydrogen) atoms. The molecular formula is C19H21NO5S. The van der Waals surface area contributed by atoms with Crippen LogP contribution in [-0.2, 0) is 14.6 Å². The van der Waals surface area contributed by atoms with Gasteiger partial charge in [0, 0.05) is 12.5 Å². The molecule has 1 saturated carbocycles. The second kappa shape index (κ2) is 6.26. The number of sulfone groups is 1. The van der Waals surface area contributed by atoms with Crippen molar-refractivity contribution < 1.29 is 22.6 Å².